The lowest BCUT2D eigenvalue weighted by atomic mass is 10.2. The Labute approximate surface area is 137 Å². The van der Waals surface area contributed by atoms with Crippen molar-refractivity contribution >= 4 is 26.7 Å². The van der Waals surface area contributed by atoms with E-state index >= 15 is 0 Å². The van der Waals surface area contributed by atoms with E-state index in [0.29, 0.717) is 0 Å². The molecule has 0 spiro atoms. The summed E-state index contributed by atoms with van der Waals surface area (Å²) in [6.45, 7) is -0.588. The Balaban J connectivity index is 2.11. The highest BCUT2D eigenvalue weighted by atomic mass is 31.1. The van der Waals surface area contributed by atoms with Gasteiger partial charge >= 0.3 is 0 Å². The van der Waals surface area contributed by atoms with Crippen LogP contribution in [0.25, 0.3) is 0 Å². The predicted molar refractivity (Wildman–Crippen MR) is 93.5 cm³/mol. The van der Waals surface area contributed by atoms with Crippen LogP contribution in [0.4, 0.5) is 0 Å². The average molecular weight is 348 g/mol. The number of benzene rings is 2. The van der Waals surface area contributed by atoms with Crippen molar-refractivity contribution in [3.63, 3.8) is 0 Å². The molecule has 6 heteroatoms. The molecule has 2 aromatic carbocycles. The van der Waals surface area contributed by atoms with Gasteiger partial charge in [-0.1, -0.05) is 60.7 Å². The highest BCUT2D eigenvalue weighted by molar-refractivity contribution is 7.76. The Morgan fingerprint density at radius 2 is 1.52 bits per heavy atom. The molecule has 2 rings (SSSR count). The molecule has 0 aliphatic heterocycles. The summed E-state index contributed by atoms with van der Waals surface area (Å²) in [6, 6.07) is 18.3. The fourth-order valence-electron chi connectivity index (χ4n) is 2.07. The second kappa shape index (κ2) is 9.02. The van der Waals surface area contributed by atoms with Gasteiger partial charge in [0.25, 0.3) is 5.52 Å². The Morgan fingerprint density at radius 3 is 2.04 bits per heavy atom. The summed E-state index contributed by atoms with van der Waals surface area (Å²) in [6.07, 6.45) is 0.388. The van der Waals surface area contributed by atoms with Gasteiger partial charge in [0, 0.05) is 6.16 Å². The summed E-state index contributed by atoms with van der Waals surface area (Å²) in [5.41, 5.74) is 1.09. The van der Waals surface area contributed by atoms with Gasteiger partial charge in [-0.2, -0.15) is 0 Å². The van der Waals surface area contributed by atoms with Crippen molar-refractivity contribution in [3.05, 3.63) is 71.8 Å². The number of hydrogen-bond acceptors (Lipinski definition) is 4. The molecule has 2 atom stereocenters. The van der Waals surface area contributed by atoms with Crippen LogP contribution in [0.2, 0.25) is 0 Å². The van der Waals surface area contributed by atoms with Gasteiger partial charge in [-0.25, -0.2) is 0 Å². The molecular formula is C17H18O4P2. The predicted octanol–water partition coefficient (Wildman–Crippen LogP) is 2.22. The summed E-state index contributed by atoms with van der Waals surface area (Å²) in [5.74, 6) is 0. The normalized spacial score (nSPS) is 13.3. The fraction of sp³-hybridized carbons (Fsp3) is 0.176. The van der Waals surface area contributed by atoms with E-state index in [9.17, 15) is 19.7 Å². The van der Waals surface area contributed by atoms with E-state index in [1.807, 2.05) is 60.7 Å². The van der Waals surface area contributed by atoms with E-state index in [1.54, 1.807) is 0 Å². The average Bonchev–Trinajstić information content (AvgIpc) is 2.57. The molecule has 0 fully saturated rings. The standard InChI is InChI=1S/C17H18O4P2/c18-11-16(22(20)12-14-7-3-1-4-8-14)17(19)23(21)13-15-9-5-2-6-10-15/h1-10,18,21H,11-13H2. The van der Waals surface area contributed by atoms with Crippen LogP contribution in [0.5, 0.6) is 0 Å². The number of rotatable bonds is 7. The lowest BCUT2D eigenvalue weighted by Gasteiger charge is -2.11. The van der Waals surface area contributed by atoms with Crippen molar-refractivity contribution in [3.8, 4) is 0 Å². The van der Waals surface area contributed by atoms with Crippen LogP contribution in [-0.2, 0) is 17.1 Å². The van der Waals surface area contributed by atoms with Crippen molar-refractivity contribution < 1.29 is 19.7 Å². The zero-order valence-corrected chi connectivity index (χ0v) is 14.3. The summed E-state index contributed by atoms with van der Waals surface area (Å²) in [5, 5.41) is 9.34. The smallest absolute Gasteiger partial charge is 0.250 e. The summed E-state index contributed by atoms with van der Waals surface area (Å²) < 4.78 is 0. The Kier molecular flexibility index (Phi) is 7.04. The lowest BCUT2D eigenvalue weighted by molar-refractivity contribution is -0.153. The summed E-state index contributed by atoms with van der Waals surface area (Å²) in [7, 11) is -4.03. The van der Waals surface area contributed by atoms with Gasteiger partial charge in [0.1, 0.15) is 20.9 Å². The van der Waals surface area contributed by atoms with Crippen molar-refractivity contribution in [2.24, 2.45) is 0 Å². The molecule has 2 N–H and O–H groups in total. The van der Waals surface area contributed by atoms with Crippen LogP contribution in [0.1, 0.15) is 11.1 Å². The van der Waals surface area contributed by atoms with Gasteiger partial charge < -0.3 is 14.9 Å². The summed E-state index contributed by atoms with van der Waals surface area (Å²) >= 11 is 0. The van der Waals surface area contributed by atoms with Gasteiger partial charge in [0.15, 0.2) is 5.29 Å². The maximum absolute atomic E-state index is 12.4. The molecule has 0 amide bonds. The van der Waals surface area contributed by atoms with Crippen molar-refractivity contribution in [1.82, 2.24) is 0 Å². The van der Waals surface area contributed by atoms with Gasteiger partial charge in [-0.15, -0.1) is 0 Å². The number of hydrogen-bond donors (Lipinski definition) is 2. The van der Waals surface area contributed by atoms with Crippen molar-refractivity contribution in [1.29, 1.82) is 0 Å². The first-order valence-electron chi connectivity index (χ1n) is 7.11. The minimum absolute atomic E-state index is 0.0756. The van der Waals surface area contributed by atoms with Crippen LogP contribution in [0.3, 0.4) is 0 Å². The highest BCUT2D eigenvalue weighted by Crippen LogP contribution is 2.38. The third kappa shape index (κ3) is 5.31. The first kappa shape index (κ1) is 17.9. The molecule has 0 saturated carbocycles. The van der Waals surface area contributed by atoms with Gasteiger partial charge in [0.2, 0.25) is 0 Å². The van der Waals surface area contributed by atoms with Gasteiger partial charge in [-0.05, 0) is 11.1 Å². The molecule has 0 radical (unpaired) electrons. The maximum Gasteiger partial charge on any atom is 0.250 e. The zero-order valence-electron chi connectivity index (χ0n) is 12.5. The quantitative estimate of drug-likeness (QED) is 0.752. The van der Waals surface area contributed by atoms with Crippen molar-refractivity contribution in [2.45, 2.75) is 12.3 Å². The number of aliphatic hydroxyl groups excluding tert-OH is 1. The topological polar surface area (TPSA) is 80.6 Å². The molecule has 0 aromatic heterocycles. The number of carbonyl (C=O) groups is 1. The maximum atomic E-state index is 12.4. The minimum atomic E-state index is -2.04. The number of carbonyl (C=O) groups excluding carboxylic acids is 1. The van der Waals surface area contributed by atoms with Gasteiger partial charge in [-0.3, -0.25) is 4.79 Å². The van der Waals surface area contributed by atoms with E-state index < -0.39 is 28.1 Å². The van der Waals surface area contributed by atoms with E-state index in [0.717, 1.165) is 11.1 Å². The molecular weight excluding hydrogens is 330 g/mol. The largest absolute Gasteiger partial charge is 0.630 e. The molecule has 2 aromatic rings. The second-order valence-corrected chi connectivity index (χ2v) is 8.11. The third-order valence-electron chi connectivity index (χ3n) is 3.28. The van der Waals surface area contributed by atoms with Gasteiger partial charge in [0.05, 0.1) is 7.77 Å². The zero-order chi connectivity index (χ0) is 16.7. The first-order valence-corrected chi connectivity index (χ1v) is 10.0. The molecule has 2 unspecified atom stereocenters. The van der Waals surface area contributed by atoms with Crippen LogP contribution in [0.15, 0.2) is 60.7 Å². The van der Waals surface area contributed by atoms with E-state index in [1.165, 1.54) is 0 Å². The van der Waals surface area contributed by atoms with Crippen molar-refractivity contribution in [2.75, 3.05) is 6.61 Å². The first-order chi connectivity index (χ1) is 11.1. The molecule has 0 aliphatic carbocycles. The molecule has 0 aliphatic rings. The lowest BCUT2D eigenvalue weighted by Crippen LogP contribution is -2.19. The van der Waals surface area contributed by atoms with E-state index in [-0.39, 0.29) is 17.6 Å². The Hall–Kier alpha value is -1.41. The highest BCUT2D eigenvalue weighted by Gasteiger charge is 2.26. The molecule has 0 saturated heterocycles. The molecule has 23 heavy (non-hydrogen) atoms. The molecule has 0 bridgehead atoms. The van der Waals surface area contributed by atoms with Crippen LogP contribution >= 0.6 is 15.9 Å². The monoisotopic (exact) mass is 348 g/mol. The fourth-order valence-corrected chi connectivity index (χ4v) is 4.93. The molecule has 120 valence electrons. The van der Waals surface area contributed by atoms with Crippen LogP contribution in [-0.4, -0.2) is 27.4 Å². The van der Waals surface area contributed by atoms with Crippen LogP contribution in [0, 0.1) is 0 Å². The Morgan fingerprint density at radius 1 is 1.00 bits per heavy atom. The van der Waals surface area contributed by atoms with E-state index in [2.05, 4.69) is 0 Å². The SMILES string of the molecule is O=C(/C(CO)=[P+](\[O-])Cc1ccccc1)P(O)Cc1ccccc1. The molecule has 0 heterocycles. The molecule has 4 nitrogen and oxygen atoms in total. The summed E-state index contributed by atoms with van der Waals surface area (Å²) in [4.78, 5) is 34.8. The Bertz CT molecular complexity index is 672. The number of aliphatic hydroxyl groups is 1. The van der Waals surface area contributed by atoms with Crippen LogP contribution < -0.4 is 4.89 Å². The van der Waals surface area contributed by atoms with E-state index in [4.69, 9.17) is 0 Å². The minimum Gasteiger partial charge on any atom is -0.630 e. The second-order valence-electron chi connectivity index (χ2n) is 4.98. The third-order valence-corrected chi connectivity index (χ3v) is 6.46.